The average Bonchev–Trinajstić information content (AvgIpc) is 2.72. The maximum absolute atomic E-state index is 10.6. The third kappa shape index (κ3) is 6.29. The Kier molecular flexibility index (Phi) is 7.60. The predicted molar refractivity (Wildman–Crippen MR) is 118 cm³/mol. The van der Waals surface area contributed by atoms with E-state index in [9.17, 15) is 4.79 Å². The molecule has 0 spiro atoms. The van der Waals surface area contributed by atoms with Gasteiger partial charge in [0, 0.05) is 20.1 Å². The van der Waals surface area contributed by atoms with Crippen molar-refractivity contribution in [3.63, 3.8) is 0 Å². The molecule has 30 heavy (non-hydrogen) atoms. The van der Waals surface area contributed by atoms with Gasteiger partial charge >= 0.3 is 5.97 Å². The molecule has 0 amide bonds. The minimum Gasteiger partial charge on any atom is -0.480 e. The minimum atomic E-state index is -1.08. The second-order valence-electron chi connectivity index (χ2n) is 9.96. The highest BCUT2D eigenvalue weighted by Crippen LogP contribution is 2.51. The summed E-state index contributed by atoms with van der Waals surface area (Å²) < 4.78 is 23.1. The standard InChI is InChI=1S/C23H36O6Si/c1-30(2,3)14-13-27-18-28-20-6-4-5-19(15-20)22-7-9-23(10-8-22,29-17-22)11-12-26-16-21(24)25/h4-6,15H,7-14,16-18H2,1-3H3,(H,24,25). The van der Waals surface area contributed by atoms with Gasteiger partial charge in [0.05, 0.1) is 18.8 Å². The zero-order valence-corrected chi connectivity index (χ0v) is 19.6. The predicted octanol–water partition coefficient (Wildman–Crippen LogP) is 4.45. The number of hydrogen-bond donors (Lipinski definition) is 1. The van der Waals surface area contributed by atoms with Crippen molar-refractivity contribution in [2.75, 3.05) is 33.2 Å². The smallest absolute Gasteiger partial charge is 0.329 e. The second-order valence-corrected chi connectivity index (χ2v) is 15.6. The molecule has 1 aromatic carbocycles. The van der Waals surface area contributed by atoms with Crippen LogP contribution in [0.5, 0.6) is 5.75 Å². The van der Waals surface area contributed by atoms with Crippen LogP contribution in [0.3, 0.4) is 0 Å². The van der Waals surface area contributed by atoms with Crippen LogP contribution in [0.2, 0.25) is 25.7 Å². The Hall–Kier alpha value is -1.41. The highest BCUT2D eigenvalue weighted by atomic mass is 28.3. The Labute approximate surface area is 180 Å². The molecule has 168 valence electrons. The fraction of sp³-hybridized carbons (Fsp3) is 0.696. The van der Waals surface area contributed by atoms with Crippen molar-refractivity contribution >= 4 is 14.0 Å². The van der Waals surface area contributed by atoms with Gasteiger partial charge in [0.2, 0.25) is 0 Å². The molecule has 3 aliphatic rings. The lowest BCUT2D eigenvalue weighted by atomic mass is 9.62. The number of carboxylic acid groups (broad SMARTS) is 1. The normalized spacial score (nSPS) is 26.0. The number of hydrogen-bond acceptors (Lipinski definition) is 5. The molecule has 1 aliphatic carbocycles. The maximum Gasteiger partial charge on any atom is 0.329 e. The van der Waals surface area contributed by atoms with Gasteiger partial charge in [-0.2, -0.15) is 0 Å². The third-order valence-electron chi connectivity index (χ3n) is 6.45. The van der Waals surface area contributed by atoms with Crippen LogP contribution in [0.15, 0.2) is 24.3 Å². The van der Waals surface area contributed by atoms with E-state index < -0.39 is 14.0 Å². The molecule has 7 heteroatoms. The fourth-order valence-corrected chi connectivity index (χ4v) is 5.10. The number of rotatable bonds is 12. The van der Waals surface area contributed by atoms with Crippen LogP contribution in [0.4, 0.5) is 0 Å². The molecule has 0 atom stereocenters. The van der Waals surface area contributed by atoms with E-state index in [1.54, 1.807) is 0 Å². The Balaban J connectivity index is 1.49. The second kappa shape index (κ2) is 9.81. The summed E-state index contributed by atoms with van der Waals surface area (Å²) in [6.07, 6.45) is 4.86. The number of carbonyl (C=O) groups is 1. The Morgan fingerprint density at radius 3 is 2.53 bits per heavy atom. The molecule has 1 N–H and O–H groups in total. The van der Waals surface area contributed by atoms with E-state index in [-0.39, 0.29) is 24.4 Å². The first-order valence-electron chi connectivity index (χ1n) is 11.0. The molecule has 3 fully saturated rings. The van der Waals surface area contributed by atoms with Crippen LogP contribution in [-0.4, -0.2) is 58.0 Å². The molecule has 6 nitrogen and oxygen atoms in total. The topological polar surface area (TPSA) is 74.2 Å². The van der Waals surface area contributed by atoms with E-state index in [2.05, 4.69) is 37.8 Å². The molecule has 2 saturated heterocycles. The summed E-state index contributed by atoms with van der Waals surface area (Å²) in [5.41, 5.74) is 1.16. The molecule has 4 rings (SSSR count). The van der Waals surface area contributed by atoms with Gasteiger partial charge in [-0.25, -0.2) is 4.79 Å². The Morgan fingerprint density at radius 1 is 1.13 bits per heavy atom. The van der Waals surface area contributed by atoms with Crippen molar-refractivity contribution in [2.45, 2.75) is 68.8 Å². The summed E-state index contributed by atoms with van der Waals surface area (Å²) in [5.74, 6) is -0.0809. The van der Waals surface area contributed by atoms with E-state index in [0.717, 1.165) is 50.5 Å². The summed E-state index contributed by atoms with van der Waals surface area (Å²) in [6, 6.07) is 9.49. The van der Waals surface area contributed by atoms with E-state index >= 15 is 0 Å². The fourth-order valence-electron chi connectivity index (χ4n) is 4.34. The van der Waals surface area contributed by atoms with Crippen LogP contribution >= 0.6 is 0 Å². The molecule has 0 aromatic heterocycles. The van der Waals surface area contributed by atoms with Crippen molar-refractivity contribution in [3.8, 4) is 5.75 Å². The number of fused-ring (bicyclic) bond motifs is 3. The molecule has 1 saturated carbocycles. The first-order valence-corrected chi connectivity index (χ1v) is 14.7. The molecule has 2 aliphatic heterocycles. The van der Waals surface area contributed by atoms with Crippen LogP contribution in [0.25, 0.3) is 0 Å². The van der Waals surface area contributed by atoms with Gasteiger partial charge in [-0.1, -0.05) is 31.8 Å². The third-order valence-corrected chi connectivity index (χ3v) is 8.16. The van der Waals surface area contributed by atoms with Gasteiger partial charge < -0.3 is 24.1 Å². The SMILES string of the molecule is C[Si](C)(C)CCOCOc1cccc(C23CCC(CCOCC(=O)O)(CC2)OC3)c1. The summed E-state index contributed by atoms with van der Waals surface area (Å²) in [5, 5.41) is 8.70. The summed E-state index contributed by atoms with van der Waals surface area (Å²) in [4.78, 5) is 10.6. The summed E-state index contributed by atoms with van der Waals surface area (Å²) >= 11 is 0. The van der Waals surface area contributed by atoms with Crippen molar-refractivity contribution in [1.29, 1.82) is 0 Å². The van der Waals surface area contributed by atoms with Crippen molar-refractivity contribution in [1.82, 2.24) is 0 Å². The first kappa shape index (κ1) is 23.3. The van der Waals surface area contributed by atoms with Crippen LogP contribution in [0.1, 0.15) is 37.7 Å². The van der Waals surface area contributed by atoms with Crippen LogP contribution in [-0.2, 0) is 24.4 Å². The van der Waals surface area contributed by atoms with Gasteiger partial charge in [-0.05, 0) is 55.8 Å². The quantitative estimate of drug-likeness (QED) is 0.296. The minimum absolute atomic E-state index is 0.0434. The van der Waals surface area contributed by atoms with Gasteiger partial charge in [-0.15, -0.1) is 0 Å². The number of benzene rings is 1. The zero-order valence-electron chi connectivity index (χ0n) is 18.6. The molecule has 1 aromatic rings. The molecule has 2 bridgehead atoms. The highest BCUT2D eigenvalue weighted by Gasteiger charge is 2.50. The highest BCUT2D eigenvalue weighted by molar-refractivity contribution is 6.76. The van der Waals surface area contributed by atoms with Crippen molar-refractivity contribution < 1.29 is 28.8 Å². The largest absolute Gasteiger partial charge is 0.480 e. The van der Waals surface area contributed by atoms with Crippen molar-refractivity contribution in [2.24, 2.45) is 0 Å². The van der Waals surface area contributed by atoms with E-state index in [0.29, 0.717) is 13.2 Å². The van der Waals surface area contributed by atoms with Gasteiger partial charge in [0.25, 0.3) is 0 Å². The maximum atomic E-state index is 10.6. The summed E-state index contributed by atoms with van der Waals surface area (Å²) in [6.45, 7) is 8.95. The lowest BCUT2D eigenvalue weighted by molar-refractivity contribution is -0.168. The van der Waals surface area contributed by atoms with Crippen LogP contribution < -0.4 is 4.74 Å². The van der Waals surface area contributed by atoms with Crippen LogP contribution in [0, 0.1) is 0 Å². The number of ether oxygens (including phenoxy) is 4. The number of carboxylic acids is 1. The Morgan fingerprint density at radius 2 is 1.90 bits per heavy atom. The van der Waals surface area contributed by atoms with E-state index in [1.807, 2.05) is 6.07 Å². The van der Waals surface area contributed by atoms with Crippen molar-refractivity contribution in [3.05, 3.63) is 29.8 Å². The lowest BCUT2D eigenvalue weighted by Crippen LogP contribution is -2.53. The lowest BCUT2D eigenvalue weighted by Gasteiger charge is -2.53. The zero-order chi connectivity index (χ0) is 21.7. The Bertz CT molecular complexity index is 689. The average molecular weight is 437 g/mol. The molecule has 0 radical (unpaired) electrons. The van der Waals surface area contributed by atoms with Gasteiger partial charge in [-0.3, -0.25) is 0 Å². The molecular weight excluding hydrogens is 400 g/mol. The molecule has 0 unspecified atom stereocenters. The van der Waals surface area contributed by atoms with Gasteiger partial charge in [0.15, 0.2) is 6.79 Å². The molecular formula is C23H36O6Si. The van der Waals surface area contributed by atoms with E-state index in [4.69, 9.17) is 24.1 Å². The first-order chi connectivity index (χ1) is 14.2. The summed E-state index contributed by atoms with van der Waals surface area (Å²) in [7, 11) is -1.08. The molecule has 2 heterocycles. The number of aliphatic carboxylic acids is 1. The van der Waals surface area contributed by atoms with E-state index in [1.165, 1.54) is 5.56 Å². The van der Waals surface area contributed by atoms with Gasteiger partial charge in [0.1, 0.15) is 12.4 Å². The monoisotopic (exact) mass is 436 g/mol.